The third-order valence-corrected chi connectivity index (χ3v) is 9.26. The van der Waals surface area contributed by atoms with Crippen LogP contribution in [0.15, 0.2) is 54.2 Å². The van der Waals surface area contributed by atoms with Gasteiger partial charge in [-0.2, -0.15) is 5.10 Å². The second-order valence-corrected chi connectivity index (χ2v) is 12.9. The fourth-order valence-electron chi connectivity index (χ4n) is 3.67. The van der Waals surface area contributed by atoms with Crippen molar-refractivity contribution in [3.63, 3.8) is 0 Å². The Labute approximate surface area is 223 Å². The lowest BCUT2D eigenvalue weighted by atomic mass is 10.0. The molecule has 0 radical (unpaired) electrons. The van der Waals surface area contributed by atoms with Crippen molar-refractivity contribution in [1.29, 1.82) is 0 Å². The molecule has 7 N–H and O–H groups in total. The Morgan fingerprint density at radius 3 is 2.45 bits per heavy atom. The first kappa shape index (κ1) is 30.4. The number of nitrogens with zero attached hydrogens (tertiary/aromatic N) is 3. The first-order valence-corrected chi connectivity index (χ1v) is 15.2. The Morgan fingerprint density at radius 1 is 1.18 bits per heavy atom. The number of aromatic nitrogens is 3. The molecule has 38 heavy (non-hydrogen) atoms. The number of aliphatic hydroxyl groups excluding tert-OH is 3. The van der Waals surface area contributed by atoms with Gasteiger partial charge in [-0.05, 0) is 31.1 Å². The van der Waals surface area contributed by atoms with Gasteiger partial charge >= 0.3 is 15.2 Å². The van der Waals surface area contributed by atoms with Gasteiger partial charge in [0.05, 0.1) is 23.9 Å². The zero-order valence-electron chi connectivity index (χ0n) is 20.4. The lowest BCUT2D eigenvalue weighted by molar-refractivity contribution is -0.0845. The van der Waals surface area contributed by atoms with Crippen LogP contribution in [0.2, 0.25) is 5.15 Å². The van der Waals surface area contributed by atoms with E-state index in [0.717, 1.165) is 10.2 Å². The van der Waals surface area contributed by atoms with Crippen molar-refractivity contribution < 1.29 is 43.7 Å². The molecule has 16 heteroatoms. The summed E-state index contributed by atoms with van der Waals surface area (Å²) in [4.78, 5) is 31.7. The van der Waals surface area contributed by atoms with Gasteiger partial charge in [-0.25, -0.2) is 9.67 Å². The van der Waals surface area contributed by atoms with Crippen LogP contribution in [-0.4, -0.2) is 69.5 Å². The maximum atomic E-state index is 11.9. The molecule has 0 fully saturated rings. The molecule has 13 nitrogen and oxygen atoms in total. The number of benzene rings is 1. The van der Waals surface area contributed by atoms with Gasteiger partial charge in [0.2, 0.25) is 0 Å². The van der Waals surface area contributed by atoms with Crippen LogP contribution in [0, 0.1) is 0 Å². The number of fused-ring (bicyclic) bond motifs is 1. The molecule has 5 atom stereocenters. The third kappa shape index (κ3) is 7.71. The van der Waals surface area contributed by atoms with Crippen LogP contribution in [0.25, 0.3) is 11.0 Å². The van der Waals surface area contributed by atoms with Gasteiger partial charge in [-0.1, -0.05) is 48.0 Å². The number of rotatable bonds is 12. The van der Waals surface area contributed by atoms with E-state index in [1.54, 1.807) is 6.07 Å². The Bertz CT molecular complexity index is 1380. The molecule has 0 aliphatic heterocycles. The number of anilines is 1. The fraction of sp³-hybridized carbons (Fsp3) is 0.364. The van der Waals surface area contributed by atoms with Crippen LogP contribution in [-0.2, 0) is 13.7 Å². The molecule has 0 spiro atoms. The van der Waals surface area contributed by atoms with E-state index in [0.29, 0.717) is 11.1 Å². The molecule has 0 saturated carbocycles. The van der Waals surface area contributed by atoms with Crippen LogP contribution in [0.5, 0.6) is 0 Å². The molecular formula is C22H29ClN4O9P2. The number of hydrogen-bond acceptors (Lipinski definition) is 9. The van der Waals surface area contributed by atoms with Crippen molar-refractivity contribution in [2.24, 2.45) is 0 Å². The highest BCUT2D eigenvalue weighted by atomic mass is 35.5. The highest BCUT2D eigenvalue weighted by Gasteiger charge is 2.34. The minimum Gasteiger partial charge on any atom is -0.386 e. The molecule has 208 valence electrons. The number of aliphatic hydroxyl groups is 3. The van der Waals surface area contributed by atoms with Gasteiger partial charge < -0.3 is 39.8 Å². The van der Waals surface area contributed by atoms with Crippen molar-refractivity contribution in [3.05, 3.63) is 65.0 Å². The SMILES string of the molecule is C/C=C(/COP(=O)(O)CP(=O)(O)O)[C@@H](O)[C@@H](O)[C@@H](O)n1ncc2c(N[C@H](C)c3ccccc3)cc(Cl)nc21. The first-order valence-electron chi connectivity index (χ1n) is 11.3. The quantitative estimate of drug-likeness (QED) is 0.0923. The topological polar surface area (TPSA) is 207 Å². The van der Waals surface area contributed by atoms with E-state index in [1.165, 1.54) is 19.2 Å². The number of pyridine rings is 1. The molecule has 3 aromatic rings. The van der Waals surface area contributed by atoms with E-state index >= 15 is 0 Å². The van der Waals surface area contributed by atoms with Crippen molar-refractivity contribution in [2.45, 2.75) is 38.3 Å². The molecule has 1 aromatic carbocycles. The van der Waals surface area contributed by atoms with E-state index in [4.69, 9.17) is 25.9 Å². The molecule has 3 rings (SSSR count). The zero-order chi connectivity index (χ0) is 28.3. The van der Waals surface area contributed by atoms with Crippen LogP contribution >= 0.6 is 26.8 Å². The largest absolute Gasteiger partial charge is 0.386 e. The third-order valence-electron chi connectivity index (χ3n) is 5.63. The second kappa shape index (κ2) is 12.4. The maximum absolute atomic E-state index is 11.9. The fourth-order valence-corrected chi connectivity index (χ4v) is 6.40. The molecule has 2 heterocycles. The minimum atomic E-state index is -4.85. The number of halogens is 1. The van der Waals surface area contributed by atoms with Gasteiger partial charge in [0, 0.05) is 6.04 Å². The van der Waals surface area contributed by atoms with Gasteiger partial charge in [-0.15, -0.1) is 0 Å². The average Bonchev–Trinajstić information content (AvgIpc) is 3.26. The monoisotopic (exact) mass is 590 g/mol. The lowest BCUT2D eigenvalue weighted by Crippen LogP contribution is -2.37. The summed E-state index contributed by atoms with van der Waals surface area (Å²) < 4.78 is 28.6. The summed E-state index contributed by atoms with van der Waals surface area (Å²) in [6.07, 6.45) is -2.88. The van der Waals surface area contributed by atoms with Crippen molar-refractivity contribution in [2.75, 3.05) is 17.8 Å². The predicted molar refractivity (Wildman–Crippen MR) is 141 cm³/mol. The Balaban J connectivity index is 1.80. The first-order chi connectivity index (χ1) is 17.7. The number of hydrogen-bond donors (Lipinski definition) is 7. The van der Waals surface area contributed by atoms with Crippen LogP contribution in [0.4, 0.5) is 5.69 Å². The van der Waals surface area contributed by atoms with Gasteiger partial charge in [0.15, 0.2) is 17.8 Å². The molecule has 2 aromatic heterocycles. The summed E-state index contributed by atoms with van der Waals surface area (Å²) in [5.41, 5.74) is 1.56. The van der Waals surface area contributed by atoms with Crippen LogP contribution < -0.4 is 5.32 Å². The standard InChI is InChI=1S/C22H29ClN4O9P2/c1-3-14(11-36-38(34,35)12-37(31,32)33)19(28)20(29)22(30)27-21-16(10-24-27)17(9-18(23)26-21)25-13(2)15-7-5-4-6-8-15/h3-10,13,19-20,22,28-30H,11-12H2,1-2H3,(H,25,26)(H,34,35)(H2,31,32,33)/b14-3-/t13-,19-,20-,22-/m1/s1. The van der Waals surface area contributed by atoms with Crippen molar-refractivity contribution in [1.82, 2.24) is 14.8 Å². The molecule has 0 amide bonds. The lowest BCUT2D eigenvalue weighted by Gasteiger charge is -2.26. The number of nitrogens with one attached hydrogen (secondary N) is 1. The minimum absolute atomic E-state index is 0.0792. The van der Waals surface area contributed by atoms with Crippen molar-refractivity contribution >= 4 is 43.5 Å². The Hall–Kier alpha value is -2.15. The van der Waals surface area contributed by atoms with Crippen molar-refractivity contribution in [3.8, 4) is 0 Å². The van der Waals surface area contributed by atoms with Gasteiger partial charge in [0.25, 0.3) is 0 Å². The number of allylic oxidation sites excluding steroid dienone is 1. The van der Waals surface area contributed by atoms with Crippen LogP contribution in [0.3, 0.4) is 0 Å². The Morgan fingerprint density at radius 2 is 1.84 bits per heavy atom. The van der Waals surface area contributed by atoms with E-state index in [-0.39, 0.29) is 22.4 Å². The highest BCUT2D eigenvalue weighted by molar-refractivity contribution is 7.70. The summed E-state index contributed by atoms with van der Waals surface area (Å²) in [7, 11) is -9.56. The van der Waals surface area contributed by atoms with E-state index in [1.807, 2.05) is 37.3 Å². The average molecular weight is 591 g/mol. The smallest absolute Gasteiger partial charge is 0.340 e. The normalized spacial score (nSPS) is 17.6. The predicted octanol–water partition coefficient (Wildman–Crippen LogP) is 2.75. The van der Waals surface area contributed by atoms with Gasteiger partial charge in [0.1, 0.15) is 17.4 Å². The van der Waals surface area contributed by atoms with Gasteiger partial charge in [-0.3, -0.25) is 9.13 Å². The molecule has 0 saturated heterocycles. The Kier molecular flexibility index (Phi) is 9.88. The summed E-state index contributed by atoms with van der Waals surface area (Å²) in [6.45, 7) is 2.63. The van der Waals surface area contributed by atoms with E-state index in [9.17, 15) is 29.3 Å². The molecule has 1 unspecified atom stereocenters. The van der Waals surface area contributed by atoms with E-state index < -0.39 is 46.1 Å². The highest BCUT2D eigenvalue weighted by Crippen LogP contribution is 2.55. The zero-order valence-corrected chi connectivity index (χ0v) is 22.9. The molecule has 0 aliphatic rings. The van der Waals surface area contributed by atoms with E-state index in [2.05, 4.69) is 15.4 Å². The summed E-state index contributed by atoms with van der Waals surface area (Å²) in [5.74, 6) is -1.41. The molecule has 0 aliphatic carbocycles. The summed E-state index contributed by atoms with van der Waals surface area (Å²) in [5, 5.41) is 40.1. The second-order valence-electron chi connectivity index (χ2n) is 8.53. The molecule has 0 bridgehead atoms. The summed E-state index contributed by atoms with van der Waals surface area (Å²) >= 11 is 6.21. The van der Waals surface area contributed by atoms with Crippen LogP contribution in [0.1, 0.15) is 31.7 Å². The summed E-state index contributed by atoms with van der Waals surface area (Å²) in [6, 6.07) is 11.1. The molecular weight excluding hydrogens is 562 g/mol. The maximum Gasteiger partial charge on any atom is 0.340 e.